The van der Waals surface area contributed by atoms with Crippen molar-refractivity contribution >= 4 is 0 Å². The number of allylic oxidation sites excluding steroid dienone is 4. The van der Waals surface area contributed by atoms with Gasteiger partial charge in [0.2, 0.25) is 0 Å². The van der Waals surface area contributed by atoms with Gasteiger partial charge in [0, 0.05) is 0 Å². The zero-order valence-electron chi connectivity index (χ0n) is 10.2. The molecule has 0 aromatic carbocycles. The van der Waals surface area contributed by atoms with Gasteiger partial charge < -0.3 is 0 Å². The Hall–Kier alpha value is -0.520. The van der Waals surface area contributed by atoms with Gasteiger partial charge in [-0.3, -0.25) is 0 Å². The third kappa shape index (κ3) is 9.39. The smallest absolute Gasteiger partial charge is 0.0198 e. The van der Waals surface area contributed by atoms with E-state index in [1.807, 2.05) is 13.8 Å². The summed E-state index contributed by atoms with van der Waals surface area (Å²) in [6, 6.07) is 0. The minimum atomic E-state index is 0.736. The highest BCUT2D eigenvalue weighted by atomic mass is 14.1. The molecule has 0 heteroatoms. The molecule has 0 amide bonds. The molecular formula is C13H26. The minimum Gasteiger partial charge on any atom is -0.0811 e. The fourth-order valence-electron chi connectivity index (χ4n) is 0.829. The highest BCUT2D eigenvalue weighted by Crippen LogP contribution is 2.16. The van der Waals surface area contributed by atoms with E-state index in [9.17, 15) is 0 Å². The van der Waals surface area contributed by atoms with Gasteiger partial charge in [0.15, 0.2) is 0 Å². The molecule has 0 unspecified atom stereocenters. The van der Waals surface area contributed by atoms with E-state index in [4.69, 9.17) is 0 Å². The monoisotopic (exact) mass is 182 g/mol. The van der Waals surface area contributed by atoms with E-state index in [-0.39, 0.29) is 0 Å². The van der Waals surface area contributed by atoms with Gasteiger partial charge in [0.05, 0.1) is 0 Å². The summed E-state index contributed by atoms with van der Waals surface area (Å²) in [5.41, 5.74) is 0. The van der Waals surface area contributed by atoms with Gasteiger partial charge in [0.25, 0.3) is 0 Å². The minimum absolute atomic E-state index is 0.736. The van der Waals surface area contributed by atoms with Gasteiger partial charge in [-0.25, -0.2) is 0 Å². The summed E-state index contributed by atoms with van der Waals surface area (Å²) in [6.07, 6.45) is 9.96. The summed E-state index contributed by atoms with van der Waals surface area (Å²) in [5.74, 6) is 1.47. The summed E-state index contributed by atoms with van der Waals surface area (Å²) in [4.78, 5) is 0. The van der Waals surface area contributed by atoms with Gasteiger partial charge in [-0.2, -0.15) is 0 Å². The van der Waals surface area contributed by atoms with Gasteiger partial charge in [-0.1, -0.05) is 72.3 Å². The second kappa shape index (κ2) is 11.5. The summed E-state index contributed by atoms with van der Waals surface area (Å²) in [7, 11) is 0. The van der Waals surface area contributed by atoms with Gasteiger partial charge in [-0.15, -0.1) is 0 Å². The Morgan fingerprint density at radius 1 is 0.846 bits per heavy atom. The predicted molar refractivity (Wildman–Crippen MR) is 63.9 cm³/mol. The van der Waals surface area contributed by atoms with Crippen molar-refractivity contribution in [2.75, 3.05) is 0 Å². The van der Waals surface area contributed by atoms with Crippen molar-refractivity contribution in [2.24, 2.45) is 11.8 Å². The maximum absolute atomic E-state index is 2.24. The summed E-state index contributed by atoms with van der Waals surface area (Å²) >= 11 is 0. The maximum atomic E-state index is 2.24. The third-order valence-corrected chi connectivity index (χ3v) is 1.77. The van der Waals surface area contributed by atoms with E-state index >= 15 is 0 Å². The van der Waals surface area contributed by atoms with Crippen LogP contribution in [0, 0.1) is 11.8 Å². The molecule has 2 atom stereocenters. The second-order valence-corrected chi connectivity index (χ2v) is 3.20. The molecule has 0 saturated carbocycles. The van der Waals surface area contributed by atoms with E-state index in [1.54, 1.807) is 0 Å². The van der Waals surface area contributed by atoms with Crippen molar-refractivity contribution in [3.05, 3.63) is 24.3 Å². The Morgan fingerprint density at radius 3 is 1.23 bits per heavy atom. The summed E-state index contributed by atoms with van der Waals surface area (Å²) in [5, 5.41) is 0. The van der Waals surface area contributed by atoms with Crippen LogP contribution in [0.3, 0.4) is 0 Å². The number of hydrogen-bond donors (Lipinski definition) is 0. The van der Waals surface area contributed by atoms with Crippen LogP contribution in [0.5, 0.6) is 0 Å². The molecule has 0 nitrogen and oxygen atoms in total. The van der Waals surface area contributed by atoms with Crippen LogP contribution >= 0.6 is 0 Å². The van der Waals surface area contributed by atoms with Crippen LogP contribution in [-0.2, 0) is 0 Å². The first-order valence-electron chi connectivity index (χ1n) is 5.57. The van der Waals surface area contributed by atoms with Crippen molar-refractivity contribution < 1.29 is 0 Å². The van der Waals surface area contributed by atoms with Crippen LogP contribution in [0.15, 0.2) is 24.3 Å². The number of hydrogen-bond acceptors (Lipinski definition) is 0. The zero-order valence-corrected chi connectivity index (χ0v) is 10.2. The molecule has 1 rings (SSSR count). The molecule has 0 N–H and O–H groups in total. The van der Waals surface area contributed by atoms with Crippen molar-refractivity contribution in [3.63, 3.8) is 0 Å². The fourth-order valence-corrected chi connectivity index (χ4v) is 0.829. The fraction of sp³-hybridized carbons (Fsp3) is 0.692. The predicted octanol–water partition coefficient (Wildman–Crippen LogP) is 4.83. The van der Waals surface area contributed by atoms with Crippen LogP contribution < -0.4 is 0 Å². The molecular weight excluding hydrogens is 156 g/mol. The Morgan fingerprint density at radius 2 is 1.08 bits per heavy atom. The zero-order chi connectivity index (χ0) is 10.7. The van der Waals surface area contributed by atoms with E-state index in [0.29, 0.717) is 0 Å². The lowest BCUT2D eigenvalue weighted by Crippen LogP contribution is -2.03. The average molecular weight is 182 g/mol. The first-order valence-corrected chi connectivity index (χ1v) is 5.57. The quantitative estimate of drug-likeness (QED) is 0.503. The Bertz CT molecular complexity index is 115. The van der Waals surface area contributed by atoms with Gasteiger partial charge >= 0.3 is 0 Å². The van der Waals surface area contributed by atoms with Crippen molar-refractivity contribution in [1.29, 1.82) is 0 Å². The molecule has 13 heavy (non-hydrogen) atoms. The van der Waals surface area contributed by atoms with Gasteiger partial charge in [-0.05, 0) is 11.8 Å². The number of rotatable bonds is 0. The van der Waals surface area contributed by atoms with Crippen molar-refractivity contribution in [2.45, 2.75) is 48.0 Å². The van der Waals surface area contributed by atoms with Crippen molar-refractivity contribution in [3.8, 4) is 0 Å². The van der Waals surface area contributed by atoms with E-state index in [0.717, 1.165) is 11.8 Å². The highest BCUT2D eigenvalue weighted by Gasteiger charge is 2.05. The Kier molecular flexibility index (Phi) is 13.2. The summed E-state index contributed by atoms with van der Waals surface area (Å²) < 4.78 is 0. The van der Waals surface area contributed by atoms with Crippen LogP contribution in [0.1, 0.15) is 48.0 Å². The van der Waals surface area contributed by atoms with Crippen LogP contribution in [0.4, 0.5) is 0 Å². The molecule has 78 valence electrons. The summed E-state index contributed by atoms with van der Waals surface area (Å²) in [6.45, 7) is 12.7. The maximum Gasteiger partial charge on any atom is -0.0198 e. The largest absolute Gasteiger partial charge is 0.0811 e. The van der Waals surface area contributed by atoms with Crippen LogP contribution in [0.2, 0.25) is 0 Å². The lowest BCUT2D eigenvalue weighted by Gasteiger charge is -2.13. The molecule has 1 aliphatic rings. The molecule has 0 saturated heterocycles. The molecule has 0 fully saturated rings. The topological polar surface area (TPSA) is 0 Å². The third-order valence-electron chi connectivity index (χ3n) is 1.77. The lowest BCUT2D eigenvalue weighted by atomic mass is 9.92. The van der Waals surface area contributed by atoms with Crippen molar-refractivity contribution in [1.82, 2.24) is 0 Å². The molecule has 0 spiro atoms. The highest BCUT2D eigenvalue weighted by molar-refractivity contribution is 5.12. The van der Waals surface area contributed by atoms with Gasteiger partial charge in [0.1, 0.15) is 0 Å². The molecule has 0 heterocycles. The first-order chi connectivity index (χ1) is 6.22. The standard InChI is InChI=1S/C8H12.C3H8.C2H6/c1-7-5-3-4-6-8(7)2;1-3-2;1-2/h3-8H,1-2H3;3H2,1-2H3;1-2H3/t7-,8+;;. The lowest BCUT2D eigenvalue weighted by molar-refractivity contribution is 0.552. The first kappa shape index (κ1) is 15.0. The van der Waals surface area contributed by atoms with Crippen LogP contribution in [-0.4, -0.2) is 0 Å². The molecule has 1 aliphatic carbocycles. The molecule has 0 aliphatic heterocycles. The molecule has 0 bridgehead atoms. The normalized spacial score (nSPS) is 23.8. The van der Waals surface area contributed by atoms with E-state index in [2.05, 4.69) is 52.0 Å². The molecule has 0 aromatic rings. The Balaban J connectivity index is 0. The van der Waals surface area contributed by atoms with Crippen LogP contribution in [0.25, 0.3) is 0 Å². The molecule has 0 radical (unpaired) electrons. The van der Waals surface area contributed by atoms with E-state index < -0.39 is 0 Å². The SMILES string of the molecule is CC.CCC.C[C@@H]1C=CC=C[C@@H]1C. The van der Waals surface area contributed by atoms with E-state index in [1.165, 1.54) is 6.42 Å². The Labute approximate surface area is 84.7 Å². The molecule has 0 aromatic heterocycles. The average Bonchev–Trinajstić information content (AvgIpc) is 2.15. The second-order valence-electron chi connectivity index (χ2n) is 3.20.